The molecule has 0 spiro atoms. The van der Waals surface area contributed by atoms with Crippen LogP contribution in [0.2, 0.25) is 0 Å². The summed E-state index contributed by atoms with van der Waals surface area (Å²) >= 11 is 0. The van der Waals surface area contributed by atoms with Crippen molar-refractivity contribution >= 4 is 75.4 Å². The third kappa shape index (κ3) is 3.87. The van der Waals surface area contributed by atoms with Crippen molar-refractivity contribution in [2.24, 2.45) is 0 Å². The van der Waals surface area contributed by atoms with Crippen LogP contribution >= 0.6 is 0 Å². The maximum atomic E-state index is 2.36. The molecule has 0 heterocycles. The highest BCUT2D eigenvalue weighted by molar-refractivity contribution is 6.14. The molecular weight excluding hydrogens is 553 g/mol. The number of hydrogen-bond donors (Lipinski definition) is 0. The molecule has 212 valence electrons. The summed E-state index contributed by atoms with van der Waals surface area (Å²) in [6.07, 6.45) is 0. The zero-order valence-corrected chi connectivity index (χ0v) is 25.2. The first kappa shape index (κ1) is 25.4. The van der Waals surface area contributed by atoms with E-state index in [0.29, 0.717) is 0 Å². The average molecular weight is 581 g/mol. The van der Waals surface area contributed by atoms with Gasteiger partial charge in [-0.15, -0.1) is 0 Å². The van der Waals surface area contributed by atoms with Crippen LogP contribution in [0.25, 0.3) is 97.7 Å². The Hall–Kier alpha value is -5.98. The minimum absolute atomic E-state index is 1.24. The van der Waals surface area contributed by atoms with E-state index in [4.69, 9.17) is 0 Å². The molecule has 0 atom stereocenters. The summed E-state index contributed by atoms with van der Waals surface area (Å²) in [7, 11) is 0. The van der Waals surface area contributed by atoms with Gasteiger partial charge < -0.3 is 0 Å². The minimum Gasteiger partial charge on any atom is -0.0616 e. The van der Waals surface area contributed by atoms with Gasteiger partial charge in [0.05, 0.1) is 0 Å². The molecule has 0 N–H and O–H groups in total. The molecule has 0 nitrogen and oxygen atoms in total. The number of benzene rings is 10. The normalized spacial score (nSPS) is 11.9. The Morgan fingerprint density at radius 3 is 1.07 bits per heavy atom. The molecule has 0 amide bonds. The molecule has 0 saturated carbocycles. The van der Waals surface area contributed by atoms with Gasteiger partial charge in [-0.1, -0.05) is 133 Å². The third-order valence-electron chi connectivity index (χ3n) is 9.95. The van der Waals surface area contributed by atoms with Crippen LogP contribution in [-0.4, -0.2) is 0 Å². The molecular formula is C46H28. The molecule has 0 fully saturated rings. The van der Waals surface area contributed by atoms with Crippen LogP contribution in [0.4, 0.5) is 0 Å². The molecule has 10 aromatic rings. The highest BCUT2D eigenvalue weighted by Crippen LogP contribution is 2.39. The van der Waals surface area contributed by atoms with Crippen LogP contribution in [-0.2, 0) is 0 Å². The van der Waals surface area contributed by atoms with Gasteiger partial charge in [-0.25, -0.2) is 0 Å². The lowest BCUT2D eigenvalue weighted by atomic mass is 9.90. The Bertz CT molecular complexity index is 2660. The predicted molar refractivity (Wildman–Crippen MR) is 200 cm³/mol. The zero-order chi connectivity index (χ0) is 30.2. The predicted octanol–water partition coefficient (Wildman–Crippen LogP) is 13.1. The van der Waals surface area contributed by atoms with E-state index in [1.165, 1.54) is 97.7 Å². The first-order chi connectivity index (χ1) is 22.8. The SMILES string of the molecule is c1ccc2c(c1)ccc1cc3cc(-c4ccc(-c5ccc6cc7c(ccc8ccccc87)cc6c5)c5ccccc45)ccc3cc12. The standard InChI is InChI=1S/C46H28/c1-3-9-39-29(7-1)13-17-35-25-37-23-33(19-15-31(37)27-45(35)39)41-21-22-42(44-12-6-5-11-43(41)44)34-20-16-32-28-46-36(26-38(32)24-34)18-14-30-8-2-4-10-40(30)46/h1-28H. The Morgan fingerprint density at radius 1 is 0.196 bits per heavy atom. The van der Waals surface area contributed by atoms with E-state index in [-0.39, 0.29) is 0 Å². The Morgan fingerprint density at radius 2 is 0.587 bits per heavy atom. The lowest BCUT2D eigenvalue weighted by molar-refractivity contribution is 1.66. The molecule has 0 radical (unpaired) electrons. The van der Waals surface area contributed by atoms with Crippen molar-refractivity contribution < 1.29 is 0 Å². The van der Waals surface area contributed by atoms with Crippen LogP contribution in [0.3, 0.4) is 0 Å². The molecule has 0 saturated heterocycles. The zero-order valence-electron chi connectivity index (χ0n) is 25.2. The highest BCUT2D eigenvalue weighted by atomic mass is 14.2. The van der Waals surface area contributed by atoms with Crippen LogP contribution in [0.5, 0.6) is 0 Å². The molecule has 0 heteroatoms. The van der Waals surface area contributed by atoms with Gasteiger partial charge in [-0.2, -0.15) is 0 Å². The van der Waals surface area contributed by atoms with Crippen molar-refractivity contribution in [2.45, 2.75) is 0 Å². The maximum absolute atomic E-state index is 2.36. The van der Waals surface area contributed by atoms with Crippen molar-refractivity contribution in [3.63, 3.8) is 0 Å². The van der Waals surface area contributed by atoms with Crippen LogP contribution in [0.15, 0.2) is 170 Å². The molecule has 0 aliphatic heterocycles. The Kier molecular flexibility index (Phi) is 5.38. The van der Waals surface area contributed by atoms with Crippen molar-refractivity contribution in [2.75, 3.05) is 0 Å². The lowest BCUT2D eigenvalue weighted by Gasteiger charge is -2.14. The Labute approximate surface area is 266 Å². The topological polar surface area (TPSA) is 0 Å². The second kappa shape index (κ2) is 9.76. The van der Waals surface area contributed by atoms with Gasteiger partial charge >= 0.3 is 0 Å². The summed E-state index contributed by atoms with van der Waals surface area (Å²) < 4.78 is 0. The fourth-order valence-corrected chi connectivity index (χ4v) is 7.64. The first-order valence-electron chi connectivity index (χ1n) is 16.0. The molecule has 0 aliphatic carbocycles. The summed E-state index contributed by atoms with van der Waals surface area (Å²) in [6, 6.07) is 63.0. The van der Waals surface area contributed by atoms with Gasteiger partial charge in [0.25, 0.3) is 0 Å². The van der Waals surface area contributed by atoms with Gasteiger partial charge in [0.1, 0.15) is 0 Å². The summed E-state index contributed by atoms with van der Waals surface area (Å²) in [5, 5.41) is 18.0. The third-order valence-corrected chi connectivity index (χ3v) is 9.95. The average Bonchev–Trinajstić information content (AvgIpc) is 3.12. The van der Waals surface area contributed by atoms with E-state index in [1.807, 2.05) is 0 Å². The molecule has 10 rings (SSSR count). The van der Waals surface area contributed by atoms with E-state index in [1.54, 1.807) is 0 Å². The Balaban J connectivity index is 1.11. The van der Waals surface area contributed by atoms with Gasteiger partial charge in [0, 0.05) is 0 Å². The number of rotatable bonds is 2. The first-order valence-corrected chi connectivity index (χ1v) is 16.0. The van der Waals surface area contributed by atoms with Gasteiger partial charge in [0.15, 0.2) is 0 Å². The smallest absolute Gasteiger partial charge is 0.00990 e. The second-order valence-electron chi connectivity index (χ2n) is 12.6. The molecule has 0 unspecified atom stereocenters. The van der Waals surface area contributed by atoms with Crippen molar-refractivity contribution in [3.05, 3.63) is 170 Å². The molecule has 46 heavy (non-hydrogen) atoms. The van der Waals surface area contributed by atoms with Crippen molar-refractivity contribution in [1.82, 2.24) is 0 Å². The fraction of sp³-hybridized carbons (Fsp3) is 0. The van der Waals surface area contributed by atoms with Gasteiger partial charge in [0.2, 0.25) is 0 Å². The summed E-state index contributed by atoms with van der Waals surface area (Å²) in [6.45, 7) is 0. The monoisotopic (exact) mass is 580 g/mol. The molecule has 10 aromatic carbocycles. The van der Waals surface area contributed by atoms with Gasteiger partial charge in [-0.05, 0) is 134 Å². The quantitative estimate of drug-likeness (QED) is 0.141. The van der Waals surface area contributed by atoms with E-state index in [9.17, 15) is 0 Å². The summed E-state index contributed by atoms with van der Waals surface area (Å²) in [5.41, 5.74) is 5.01. The van der Waals surface area contributed by atoms with Crippen molar-refractivity contribution in [1.29, 1.82) is 0 Å². The van der Waals surface area contributed by atoms with E-state index >= 15 is 0 Å². The minimum atomic E-state index is 1.24. The maximum Gasteiger partial charge on any atom is -0.00990 e. The van der Waals surface area contributed by atoms with Crippen LogP contribution in [0, 0.1) is 0 Å². The summed E-state index contributed by atoms with van der Waals surface area (Å²) in [5.74, 6) is 0. The lowest BCUT2D eigenvalue weighted by Crippen LogP contribution is -1.87. The number of fused-ring (bicyclic) bond motifs is 9. The largest absolute Gasteiger partial charge is 0.0616 e. The van der Waals surface area contributed by atoms with Crippen LogP contribution in [0.1, 0.15) is 0 Å². The summed E-state index contributed by atoms with van der Waals surface area (Å²) in [4.78, 5) is 0. The second-order valence-corrected chi connectivity index (χ2v) is 12.6. The van der Waals surface area contributed by atoms with Crippen LogP contribution < -0.4 is 0 Å². The number of hydrogen-bond acceptors (Lipinski definition) is 0. The molecule has 0 aromatic heterocycles. The van der Waals surface area contributed by atoms with Gasteiger partial charge in [-0.3, -0.25) is 0 Å². The highest BCUT2D eigenvalue weighted by Gasteiger charge is 2.12. The van der Waals surface area contributed by atoms with E-state index < -0.39 is 0 Å². The molecule has 0 bridgehead atoms. The van der Waals surface area contributed by atoms with E-state index in [0.717, 1.165) is 0 Å². The van der Waals surface area contributed by atoms with Crippen molar-refractivity contribution in [3.8, 4) is 22.3 Å². The fourth-order valence-electron chi connectivity index (χ4n) is 7.64. The molecule has 0 aliphatic rings. The van der Waals surface area contributed by atoms with E-state index in [2.05, 4.69) is 170 Å².